The molecule has 3 rings (SSSR count). The molecule has 2 aromatic heterocycles. The molecule has 0 saturated heterocycles. The zero-order chi connectivity index (χ0) is 25.3. The Kier molecular flexibility index (Phi) is 6.79. The van der Waals surface area contributed by atoms with Crippen LogP contribution in [0, 0.1) is 17.0 Å². The van der Waals surface area contributed by atoms with Crippen molar-refractivity contribution in [2.45, 2.75) is 44.7 Å². The van der Waals surface area contributed by atoms with Crippen molar-refractivity contribution in [3.63, 3.8) is 0 Å². The molecule has 0 bridgehead atoms. The number of nitrogens with one attached hydrogen (secondary N) is 2. The van der Waals surface area contributed by atoms with Crippen LogP contribution in [-0.4, -0.2) is 34.6 Å². The lowest BCUT2D eigenvalue weighted by Gasteiger charge is -2.21. The van der Waals surface area contributed by atoms with Gasteiger partial charge in [0.05, 0.1) is 17.7 Å². The molecule has 0 aliphatic rings. The van der Waals surface area contributed by atoms with E-state index in [1.54, 1.807) is 39.8 Å². The molecule has 0 saturated carbocycles. The number of ether oxygens (including phenoxy) is 1. The predicted molar refractivity (Wildman–Crippen MR) is 121 cm³/mol. The Labute approximate surface area is 196 Å². The zero-order valence-corrected chi connectivity index (χ0v) is 20.1. The third-order valence-corrected chi connectivity index (χ3v) is 6.29. The highest BCUT2D eigenvalue weighted by Gasteiger charge is 2.29. The molecule has 34 heavy (non-hydrogen) atoms. The van der Waals surface area contributed by atoms with Crippen molar-refractivity contribution in [3.8, 4) is 11.6 Å². The zero-order valence-electron chi connectivity index (χ0n) is 19.3. The first kappa shape index (κ1) is 24.9. The molecule has 3 aromatic rings. The molecule has 1 aromatic carbocycles. The minimum atomic E-state index is -4.19. The highest BCUT2D eigenvalue weighted by atomic mass is 32.2. The second kappa shape index (κ2) is 9.27. The highest BCUT2D eigenvalue weighted by Crippen LogP contribution is 2.34. The lowest BCUT2D eigenvalue weighted by Crippen LogP contribution is -2.40. The summed E-state index contributed by atoms with van der Waals surface area (Å²) in [6, 6.07) is 6.66. The number of sulfonamides is 1. The van der Waals surface area contributed by atoms with Crippen LogP contribution in [-0.2, 0) is 23.6 Å². The van der Waals surface area contributed by atoms with Crippen LogP contribution in [0.5, 0.6) is 11.6 Å². The number of aromatic nitrogens is 2. The minimum Gasteiger partial charge on any atom is -0.467 e. The molecule has 0 aliphatic carbocycles. The van der Waals surface area contributed by atoms with Gasteiger partial charge in [-0.3, -0.25) is 14.9 Å². The Morgan fingerprint density at radius 3 is 2.59 bits per heavy atom. The van der Waals surface area contributed by atoms with E-state index < -0.39 is 37.0 Å². The summed E-state index contributed by atoms with van der Waals surface area (Å²) < 4.78 is 40.8. The van der Waals surface area contributed by atoms with E-state index >= 15 is 0 Å². The highest BCUT2D eigenvalue weighted by molar-refractivity contribution is 7.89. The number of rotatable bonds is 8. The van der Waals surface area contributed by atoms with Crippen LogP contribution in [0.1, 0.15) is 42.6 Å². The summed E-state index contributed by atoms with van der Waals surface area (Å²) in [7, 11) is -2.67. The van der Waals surface area contributed by atoms with Gasteiger partial charge < -0.3 is 14.5 Å². The fourth-order valence-electron chi connectivity index (χ4n) is 3.10. The number of nitro groups is 1. The summed E-state index contributed by atoms with van der Waals surface area (Å²) >= 11 is 0. The van der Waals surface area contributed by atoms with Crippen molar-refractivity contribution in [2.24, 2.45) is 7.05 Å². The maximum Gasteiger partial charge on any atom is 0.272 e. The third-order valence-electron chi connectivity index (χ3n) is 4.51. The summed E-state index contributed by atoms with van der Waals surface area (Å²) in [5.41, 5.74) is -0.836. The molecule has 1 amide bonds. The van der Waals surface area contributed by atoms with Gasteiger partial charge in [0.1, 0.15) is 16.4 Å². The molecule has 0 atom stereocenters. The van der Waals surface area contributed by atoms with Crippen LogP contribution in [0.15, 0.2) is 45.9 Å². The number of non-ortho nitro benzene ring substituents is 1. The van der Waals surface area contributed by atoms with Crippen LogP contribution in [0.25, 0.3) is 0 Å². The Hall–Kier alpha value is -3.71. The van der Waals surface area contributed by atoms with Crippen molar-refractivity contribution < 1.29 is 27.3 Å². The maximum atomic E-state index is 13.0. The number of furan rings is 1. The number of benzene rings is 1. The molecular formula is C21H25N5O7S. The number of carbonyl (C=O) groups excluding carboxylic acids is 1. The number of hydrogen-bond donors (Lipinski definition) is 2. The van der Waals surface area contributed by atoms with Gasteiger partial charge in [0.25, 0.3) is 11.6 Å². The minimum absolute atomic E-state index is 0.0724. The van der Waals surface area contributed by atoms with Gasteiger partial charge in [-0.05, 0) is 45.9 Å². The summed E-state index contributed by atoms with van der Waals surface area (Å²) in [5, 5.41) is 18.1. The molecule has 0 spiro atoms. The lowest BCUT2D eigenvalue weighted by atomic mass is 10.1. The van der Waals surface area contributed by atoms with Gasteiger partial charge in [0.15, 0.2) is 5.69 Å². The fraction of sp³-hybridized carbons (Fsp3) is 0.333. The maximum absolute atomic E-state index is 13.0. The smallest absolute Gasteiger partial charge is 0.272 e. The number of amides is 1. The molecule has 0 unspecified atom stereocenters. The predicted octanol–water partition coefficient (Wildman–Crippen LogP) is 3.03. The van der Waals surface area contributed by atoms with E-state index in [0.29, 0.717) is 11.3 Å². The first-order chi connectivity index (χ1) is 15.8. The average Bonchev–Trinajstić information content (AvgIpc) is 3.34. The molecule has 182 valence electrons. The summed E-state index contributed by atoms with van der Waals surface area (Å²) in [6.07, 6.45) is 1.49. The standard InChI is InChI=1S/C21H25N5O7S/c1-13-18(19(27)22-12-15-7-6-10-32-15)23-25(5)20(13)33-16-9-8-14(26(28)29)11-17(16)34(30,31)24-21(2,3)4/h6-11,24H,12H2,1-5H3,(H,22,27). The van der Waals surface area contributed by atoms with Crippen molar-refractivity contribution >= 4 is 21.6 Å². The fourth-order valence-corrected chi connectivity index (χ4v) is 4.67. The monoisotopic (exact) mass is 491 g/mol. The molecule has 2 N–H and O–H groups in total. The van der Waals surface area contributed by atoms with Crippen molar-refractivity contribution in [2.75, 3.05) is 0 Å². The SMILES string of the molecule is Cc1c(C(=O)NCc2ccco2)nn(C)c1Oc1ccc([N+](=O)[O-])cc1S(=O)(=O)NC(C)(C)C. The molecule has 0 aliphatic heterocycles. The quantitative estimate of drug-likeness (QED) is 0.359. The van der Waals surface area contributed by atoms with Gasteiger partial charge in [0, 0.05) is 30.3 Å². The molecule has 0 fully saturated rings. The van der Waals surface area contributed by atoms with Gasteiger partial charge in [-0.1, -0.05) is 0 Å². The summed E-state index contributed by atoms with van der Waals surface area (Å²) in [5.74, 6) is 0.0241. The van der Waals surface area contributed by atoms with Crippen LogP contribution >= 0.6 is 0 Å². The Morgan fingerprint density at radius 1 is 1.29 bits per heavy atom. The average molecular weight is 492 g/mol. The third kappa shape index (κ3) is 5.61. The van der Waals surface area contributed by atoms with Crippen LogP contribution in [0.3, 0.4) is 0 Å². The largest absolute Gasteiger partial charge is 0.467 e. The first-order valence-electron chi connectivity index (χ1n) is 10.1. The second-order valence-electron chi connectivity index (χ2n) is 8.51. The van der Waals surface area contributed by atoms with Gasteiger partial charge in [0.2, 0.25) is 15.9 Å². The van der Waals surface area contributed by atoms with E-state index in [1.807, 2.05) is 0 Å². The van der Waals surface area contributed by atoms with Gasteiger partial charge >= 0.3 is 0 Å². The van der Waals surface area contributed by atoms with Crippen molar-refractivity contribution in [3.05, 3.63) is 63.7 Å². The van der Waals surface area contributed by atoms with Crippen molar-refractivity contribution in [1.29, 1.82) is 0 Å². The number of nitro benzene ring substituents is 1. The van der Waals surface area contributed by atoms with Crippen LogP contribution in [0.4, 0.5) is 5.69 Å². The summed E-state index contributed by atoms with van der Waals surface area (Å²) in [6.45, 7) is 6.67. The van der Waals surface area contributed by atoms with E-state index in [2.05, 4.69) is 15.1 Å². The van der Waals surface area contributed by atoms with Gasteiger partial charge in [-0.15, -0.1) is 0 Å². The Morgan fingerprint density at radius 2 is 2.00 bits per heavy atom. The Balaban J connectivity index is 1.96. The van der Waals surface area contributed by atoms with E-state index in [4.69, 9.17) is 9.15 Å². The molecule has 2 heterocycles. The van der Waals surface area contributed by atoms with E-state index in [0.717, 1.165) is 12.1 Å². The van der Waals surface area contributed by atoms with E-state index in [9.17, 15) is 23.3 Å². The van der Waals surface area contributed by atoms with Crippen LogP contribution < -0.4 is 14.8 Å². The molecular weight excluding hydrogens is 466 g/mol. The van der Waals surface area contributed by atoms with Crippen molar-refractivity contribution in [1.82, 2.24) is 19.8 Å². The summed E-state index contributed by atoms with van der Waals surface area (Å²) in [4.78, 5) is 22.8. The van der Waals surface area contributed by atoms with E-state index in [1.165, 1.54) is 24.1 Å². The normalized spacial score (nSPS) is 11.9. The first-order valence-corrected chi connectivity index (χ1v) is 11.6. The lowest BCUT2D eigenvalue weighted by molar-refractivity contribution is -0.385. The Bertz CT molecular complexity index is 1320. The second-order valence-corrected chi connectivity index (χ2v) is 10.2. The molecule has 12 nitrogen and oxygen atoms in total. The van der Waals surface area contributed by atoms with Crippen LogP contribution in [0.2, 0.25) is 0 Å². The topological polar surface area (TPSA) is 159 Å². The van der Waals surface area contributed by atoms with Gasteiger partial charge in [-0.25, -0.2) is 17.8 Å². The number of hydrogen-bond acceptors (Lipinski definition) is 8. The van der Waals surface area contributed by atoms with E-state index in [-0.39, 0.29) is 23.9 Å². The van der Waals surface area contributed by atoms with Gasteiger partial charge in [-0.2, -0.15) is 5.10 Å². The number of carbonyl (C=O) groups is 1. The number of aryl methyl sites for hydroxylation is 1. The number of nitrogens with zero attached hydrogens (tertiary/aromatic N) is 3. The molecule has 0 radical (unpaired) electrons. The molecule has 13 heteroatoms.